The fraction of sp³-hybridized carbons (Fsp3) is 0.241. The van der Waals surface area contributed by atoms with Gasteiger partial charge in [0.2, 0.25) is 0 Å². The van der Waals surface area contributed by atoms with Crippen molar-refractivity contribution in [3.8, 4) is 5.75 Å². The Bertz CT molecular complexity index is 1120. The summed E-state index contributed by atoms with van der Waals surface area (Å²) in [7, 11) is 0. The van der Waals surface area contributed by atoms with Crippen LogP contribution in [0, 0.1) is 5.82 Å². The third kappa shape index (κ3) is 8.06. The van der Waals surface area contributed by atoms with E-state index in [-0.39, 0.29) is 17.8 Å². The smallest absolute Gasteiger partial charge is 0.328 e. The van der Waals surface area contributed by atoms with Gasteiger partial charge >= 0.3 is 11.9 Å². The van der Waals surface area contributed by atoms with Crippen LogP contribution >= 0.6 is 0 Å². The molecule has 188 valence electrons. The van der Waals surface area contributed by atoms with Gasteiger partial charge in [0.25, 0.3) is 0 Å². The number of carbonyl (C=O) groups is 2. The molecular weight excluding hydrogens is 461 g/mol. The molecule has 0 aromatic heterocycles. The summed E-state index contributed by atoms with van der Waals surface area (Å²) in [5.74, 6) is -1.75. The van der Waals surface area contributed by atoms with Crippen LogP contribution in [0.25, 0.3) is 0 Å². The first kappa shape index (κ1) is 26.6. The van der Waals surface area contributed by atoms with Crippen molar-refractivity contribution < 1.29 is 28.9 Å². The van der Waals surface area contributed by atoms with Crippen LogP contribution in [0.15, 0.2) is 97.1 Å². The Morgan fingerprint density at radius 3 is 2.03 bits per heavy atom. The van der Waals surface area contributed by atoms with Gasteiger partial charge in [-0.25, -0.2) is 14.0 Å². The Balaban J connectivity index is 0.000000392. The molecule has 3 atom stereocenters. The van der Waals surface area contributed by atoms with E-state index in [0.29, 0.717) is 18.2 Å². The normalized spacial score (nSPS) is 18.6. The third-order valence-electron chi connectivity index (χ3n) is 6.11. The number of hydrogen-bond donors (Lipinski definition) is 2. The molecular formula is C29H30FNO5. The highest BCUT2D eigenvalue weighted by atomic mass is 19.1. The number of aliphatic carboxylic acids is 2. The molecule has 4 rings (SSSR count). The van der Waals surface area contributed by atoms with Gasteiger partial charge < -0.3 is 14.9 Å². The van der Waals surface area contributed by atoms with Gasteiger partial charge in [0.15, 0.2) is 0 Å². The maximum Gasteiger partial charge on any atom is 0.328 e. The minimum Gasteiger partial charge on any atom is -0.490 e. The summed E-state index contributed by atoms with van der Waals surface area (Å²) < 4.78 is 19.6. The maximum atomic E-state index is 13.2. The molecule has 1 unspecified atom stereocenters. The van der Waals surface area contributed by atoms with Gasteiger partial charge in [0.1, 0.15) is 17.7 Å². The number of rotatable bonds is 7. The van der Waals surface area contributed by atoms with Crippen LogP contribution in [0.5, 0.6) is 5.75 Å². The lowest BCUT2D eigenvalue weighted by atomic mass is 9.86. The van der Waals surface area contributed by atoms with Crippen molar-refractivity contribution in [1.82, 2.24) is 4.90 Å². The predicted molar refractivity (Wildman–Crippen MR) is 135 cm³/mol. The highest BCUT2D eigenvalue weighted by Gasteiger charge is 2.34. The second kappa shape index (κ2) is 13.2. The van der Waals surface area contributed by atoms with Crippen molar-refractivity contribution in [2.75, 3.05) is 13.1 Å². The average Bonchev–Trinajstić information content (AvgIpc) is 2.90. The molecule has 1 aliphatic heterocycles. The van der Waals surface area contributed by atoms with Crippen LogP contribution in [-0.4, -0.2) is 46.2 Å². The molecule has 1 fully saturated rings. The molecule has 1 aliphatic rings. The van der Waals surface area contributed by atoms with Crippen LogP contribution in [0.1, 0.15) is 36.4 Å². The van der Waals surface area contributed by atoms with Crippen LogP contribution in [0.4, 0.5) is 4.39 Å². The minimum absolute atomic E-state index is 0.0760. The van der Waals surface area contributed by atoms with Crippen molar-refractivity contribution in [3.63, 3.8) is 0 Å². The van der Waals surface area contributed by atoms with Gasteiger partial charge in [-0.15, -0.1) is 0 Å². The number of benzene rings is 3. The molecule has 0 radical (unpaired) electrons. The molecule has 0 saturated carbocycles. The molecule has 1 saturated heterocycles. The summed E-state index contributed by atoms with van der Waals surface area (Å²) in [4.78, 5) is 21.6. The molecule has 36 heavy (non-hydrogen) atoms. The first-order chi connectivity index (χ1) is 17.3. The van der Waals surface area contributed by atoms with Gasteiger partial charge in [0.05, 0.1) is 0 Å². The zero-order valence-electron chi connectivity index (χ0n) is 20.0. The third-order valence-corrected chi connectivity index (χ3v) is 6.11. The van der Waals surface area contributed by atoms with Gasteiger partial charge in [0, 0.05) is 37.2 Å². The van der Waals surface area contributed by atoms with Gasteiger partial charge in [-0.05, 0) is 48.7 Å². The molecule has 0 amide bonds. The number of piperidine rings is 1. The van der Waals surface area contributed by atoms with E-state index in [1.165, 1.54) is 23.3 Å². The lowest BCUT2D eigenvalue weighted by Gasteiger charge is -2.41. The number of nitrogens with zero attached hydrogens (tertiary/aromatic N) is 1. The van der Waals surface area contributed by atoms with Crippen molar-refractivity contribution in [1.29, 1.82) is 0 Å². The van der Waals surface area contributed by atoms with Crippen molar-refractivity contribution in [2.45, 2.75) is 31.4 Å². The van der Waals surface area contributed by atoms with E-state index >= 15 is 0 Å². The molecule has 2 N–H and O–H groups in total. The molecule has 1 heterocycles. The van der Waals surface area contributed by atoms with Crippen molar-refractivity contribution >= 4 is 11.9 Å². The van der Waals surface area contributed by atoms with E-state index in [4.69, 9.17) is 14.9 Å². The molecule has 7 heteroatoms. The number of carboxylic acids is 2. The quantitative estimate of drug-likeness (QED) is 0.422. The highest BCUT2D eigenvalue weighted by molar-refractivity contribution is 5.89. The van der Waals surface area contributed by atoms with E-state index < -0.39 is 11.9 Å². The molecule has 0 spiro atoms. The summed E-state index contributed by atoms with van der Waals surface area (Å²) >= 11 is 0. The molecule has 3 aromatic rings. The summed E-state index contributed by atoms with van der Waals surface area (Å²) in [5, 5.41) is 15.6. The Hall–Kier alpha value is -3.97. The first-order valence-electron chi connectivity index (χ1n) is 11.7. The average molecular weight is 492 g/mol. The molecule has 3 aromatic carbocycles. The summed E-state index contributed by atoms with van der Waals surface area (Å²) in [5.41, 5.74) is 2.63. The number of ether oxygens (including phenoxy) is 1. The Kier molecular flexibility index (Phi) is 9.77. The number of halogens is 1. The van der Waals surface area contributed by atoms with Gasteiger partial charge in [-0.3, -0.25) is 4.90 Å². The molecule has 0 bridgehead atoms. The minimum atomic E-state index is -1.26. The largest absolute Gasteiger partial charge is 0.490 e. The summed E-state index contributed by atoms with van der Waals surface area (Å²) in [6, 6.07) is 28.0. The van der Waals surface area contributed by atoms with E-state index in [9.17, 15) is 14.0 Å². The molecule has 0 aliphatic carbocycles. The zero-order valence-corrected chi connectivity index (χ0v) is 20.0. The predicted octanol–water partition coefficient (Wildman–Crippen LogP) is 5.54. The standard InChI is InChI=1S/C25H26FNO.C4H4O4/c1-19(20-8-4-2-5-9-20)27-17-16-25(28-23-14-12-22(26)13-15-23)24(18-27)21-10-6-3-7-11-21;5-3(6)1-2-4(7)8/h2-15,19,24-25H,16-18H2,1H3;1-2H,(H,5,6)(H,7,8)/b;2-1+/t19?,24-,25+;/m0./s1. The molecule has 6 nitrogen and oxygen atoms in total. The van der Waals surface area contributed by atoms with Crippen molar-refractivity contribution in [3.05, 3.63) is 114 Å². The second-order valence-electron chi connectivity index (χ2n) is 8.51. The van der Waals surface area contributed by atoms with Crippen LogP contribution in [-0.2, 0) is 9.59 Å². The zero-order chi connectivity index (χ0) is 25.9. The van der Waals surface area contributed by atoms with Gasteiger partial charge in [-0.1, -0.05) is 60.7 Å². The Morgan fingerprint density at radius 2 is 1.47 bits per heavy atom. The number of likely N-dealkylation sites (tertiary alicyclic amines) is 1. The van der Waals surface area contributed by atoms with Crippen LogP contribution in [0.2, 0.25) is 0 Å². The highest BCUT2D eigenvalue weighted by Crippen LogP contribution is 2.34. The van der Waals surface area contributed by atoms with E-state index in [2.05, 4.69) is 66.4 Å². The van der Waals surface area contributed by atoms with Crippen LogP contribution < -0.4 is 4.74 Å². The Morgan fingerprint density at radius 1 is 0.917 bits per heavy atom. The maximum absolute atomic E-state index is 13.2. The topological polar surface area (TPSA) is 87.1 Å². The van der Waals surface area contributed by atoms with E-state index in [1.54, 1.807) is 12.1 Å². The van der Waals surface area contributed by atoms with E-state index in [0.717, 1.165) is 25.3 Å². The Labute approximate surface area is 210 Å². The second-order valence-corrected chi connectivity index (χ2v) is 8.51. The monoisotopic (exact) mass is 491 g/mol. The number of carboxylic acid groups (broad SMARTS) is 2. The fourth-order valence-corrected chi connectivity index (χ4v) is 4.24. The van der Waals surface area contributed by atoms with Crippen LogP contribution in [0.3, 0.4) is 0 Å². The SMILES string of the molecule is CC(c1ccccc1)N1CC[C@@H](Oc2ccc(F)cc2)[C@H](c2ccccc2)C1.O=C(O)/C=C/C(=O)O. The van der Waals surface area contributed by atoms with E-state index in [1.807, 2.05) is 6.07 Å². The summed E-state index contributed by atoms with van der Waals surface area (Å²) in [6.45, 7) is 4.19. The number of hydrogen-bond acceptors (Lipinski definition) is 4. The lowest BCUT2D eigenvalue weighted by molar-refractivity contribution is -0.134. The van der Waals surface area contributed by atoms with Gasteiger partial charge in [-0.2, -0.15) is 0 Å². The fourth-order valence-electron chi connectivity index (χ4n) is 4.24. The first-order valence-corrected chi connectivity index (χ1v) is 11.7. The van der Waals surface area contributed by atoms with Crippen molar-refractivity contribution in [2.24, 2.45) is 0 Å². The summed E-state index contributed by atoms with van der Waals surface area (Å²) in [6.07, 6.45) is 2.13. The lowest BCUT2D eigenvalue weighted by Crippen LogP contribution is -2.45.